The van der Waals surface area contributed by atoms with Gasteiger partial charge in [0.05, 0.1) is 5.56 Å². The van der Waals surface area contributed by atoms with Crippen LogP contribution in [-0.4, -0.2) is 5.97 Å². The summed E-state index contributed by atoms with van der Waals surface area (Å²) in [6.45, 7) is -0.439. The summed E-state index contributed by atoms with van der Waals surface area (Å²) in [6, 6.07) is 3.86. The van der Waals surface area contributed by atoms with Crippen molar-refractivity contribution in [2.75, 3.05) is 5.73 Å². The van der Waals surface area contributed by atoms with Crippen LogP contribution in [0.15, 0.2) is 30.3 Å². The number of hydrogen-bond donors (Lipinski definition) is 1. The highest BCUT2D eigenvalue weighted by Crippen LogP contribution is 2.19. The first kappa shape index (κ1) is 14.8. The molecule has 0 fully saturated rings. The van der Waals surface area contributed by atoms with Crippen molar-refractivity contribution in [3.63, 3.8) is 0 Å². The average Bonchev–Trinajstić information content (AvgIpc) is 2.39. The minimum Gasteiger partial charge on any atom is -0.457 e. The zero-order chi connectivity index (χ0) is 15.6. The van der Waals surface area contributed by atoms with Gasteiger partial charge in [0.15, 0.2) is 11.6 Å². The van der Waals surface area contributed by atoms with E-state index < -0.39 is 35.8 Å². The molecule has 2 aromatic rings. The third kappa shape index (κ3) is 3.50. The van der Waals surface area contributed by atoms with Gasteiger partial charge in [-0.05, 0) is 23.8 Å². The van der Waals surface area contributed by atoms with Gasteiger partial charge in [-0.25, -0.2) is 22.4 Å². The lowest BCUT2D eigenvalue weighted by Crippen LogP contribution is -2.10. The van der Waals surface area contributed by atoms with Crippen LogP contribution in [0.5, 0.6) is 0 Å². The summed E-state index contributed by atoms with van der Waals surface area (Å²) in [7, 11) is 0. The number of nitrogens with two attached hydrogens (primary N) is 1. The smallest absolute Gasteiger partial charge is 0.340 e. The fourth-order valence-corrected chi connectivity index (χ4v) is 1.66. The molecule has 0 saturated carbocycles. The van der Waals surface area contributed by atoms with Crippen LogP contribution in [0.3, 0.4) is 0 Å². The molecule has 21 heavy (non-hydrogen) atoms. The van der Waals surface area contributed by atoms with Crippen molar-refractivity contribution < 1.29 is 27.1 Å². The summed E-state index contributed by atoms with van der Waals surface area (Å²) in [4.78, 5) is 11.7. The lowest BCUT2D eigenvalue weighted by molar-refractivity contribution is 0.0472. The summed E-state index contributed by atoms with van der Waals surface area (Å²) in [5.74, 6) is -5.14. The van der Waals surface area contributed by atoms with Gasteiger partial charge in [0.25, 0.3) is 0 Å². The number of nitrogen functional groups attached to an aromatic ring is 1. The Morgan fingerprint density at radius 1 is 0.952 bits per heavy atom. The van der Waals surface area contributed by atoms with Crippen LogP contribution in [-0.2, 0) is 11.3 Å². The Bertz CT molecular complexity index is 683. The number of anilines is 1. The third-order valence-corrected chi connectivity index (χ3v) is 2.60. The Kier molecular flexibility index (Phi) is 4.11. The Balaban J connectivity index is 2.13. The largest absolute Gasteiger partial charge is 0.457 e. The molecular formula is C14H9F4NO2. The van der Waals surface area contributed by atoms with Gasteiger partial charge in [-0.2, -0.15) is 0 Å². The van der Waals surface area contributed by atoms with E-state index in [4.69, 9.17) is 10.5 Å². The molecule has 0 aliphatic heterocycles. The van der Waals surface area contributed by atoms with E-state index in [1.54, 1.807) is 0 Å². The molecule has 0 radical (unpaired) electrons. The minimum atomic E-state index is -1.26. The monoisotopic (exact) mass is 299 g/mol. The number of halogens is 4. The number of rotatable bonds is 3. The molecule has 0 aromatic heterocycles. The van der Waals surface area contributed by atoms with Crippen LogP contribution < -0.4 is 5.73 Å². The van der Waals surface area contributed by atoms with Gasteiger partial charge >= 0.3 is 5.97 Å². The zero-order valence-electron chi connectivity index (χ0n) is 10.5. The van der Waals surface area contributed by atoms with Crippen LogP contribution in [0.4, 0.5) is 23.2 Å². The SMILES string of the molecule is Nc1cc(F)c(F)cc1C(=O)OCc1cc(F)cc(F)c1. The number of carbonyl (C=O) groups is 1. The molecule has 2 aromatic carbocycles. The van der Waals surface area contributed by atoms with Gasteiger partial charge < -0.3 is 10.5 Å². The summed E-state index contributed by atoms with van der Waals surface area (Å²) in [5, 5.41) is 0. The fourth-order valence-electron chi connectivity index (χ4n) is 1.66. The van der Waals surface area contributed by atoms with E-state index >= 15 is 0 Å². The molecule has 0 saturated heterocycles. The molecule has 0 spiro atoms. The standard InChI is InChI=1S/C14H9F4NO2/c15-8-1-7(2-9(16)3-8)6-21-14(20)10-4-11(17)12(18)5-13(10)19/h1-5H,6,19H2. The predicted octanol–water partition coefficient (Wildman–Crippen LogP) is 3.18. The van der Waals surface area contributed by atoms with Crippen molar-refractivity contribution in [2.24, 2.45) is 0 Å². The van der Waals surface area contributed by atoms with Crippen molar-refractivity contribution in [3.05, 3.63) is 64.7 Å². The van der Waals surface area contributed by atoms with E-state index in [1.807, 2.05) is 0 Å². The average molecular weight is 299 g/mol. The highest BCUT2D eigenvalue weighted by atomic mass is 19.2. The van der Waals surface area contributed by atoms with Crippen molar-refractivity contribution in [3.8, 4) is 0 Å². The second kappa shape index (κ2) is 5.82. The molecule has 3 nitrogen and oxygen atoms in total. The maximum absolute atomic E-state index is 13.1. The van der Waals surface area contributed by atoms with Crippen molar-refractivity contribution in [2.45, 2.75) is 6.61 Å². The Morgan fingerprint density at radius 3 is 2.14 bits per heavy atom. The van der Waals surface area contributed by atoms with E-state index in [2.05, 4.69) is 0 Å². The van der Waals surface area contributed by atoms with Gasteiger partial charge in [0, 0.05) is 17.8 Å². The van der Waals surface area contributed by atoms with Gasteiger partial charge in [0.2, 0.25) is 0 Å². The quantitative estimate of drug-likeness (QED) is 0.538. The highest BCUT2D eigenvalue weighted by molar-refractivity contribution is 5.95. The summed E-state index contributed by atoms with van der Waals surface area (Å²) < 4.78 is 56.6. The number of hydrogen-bond acceptors (Lipinski definition) is 3. The minimum absolute atomic E-state index is 0.0713. The number of esters is 1. The van der Waals surface area contributed by atoms with Gasteiger partial charge in [-0.3, -0.25) is 0 Å². The molecule has 0 heterocycles. The second-order valence-electron chi connectivity index (χ2n) is 4.21. The van der Waals surface area contributed by atoms with E-state index in [-0.39, 0.29) is 16.8 Å². The van der Waals surface area contributed by atoms with Crippen molar-refractivity contribution in [1.82, 2.24) is 0 Å². The number of carbonyl (C=O) groups excluding carboxylic acids is 1. The normalized spacial score (nSPS) is 10.5. The molecule has 7 heteroatoms. The first-order chi connectivity index (χ1) is 9.86. The molecule has 0 atom stereocenters. The first-order valence-electron chi connectivity index (χ1n) is 5.73. The molecule has 0 bridgehead atoms. The third-order valence-electron chi connectivity index (χ3n) is 2.60. The van der Waals surface area contributed by atoms with Gasteiger partial charge in [0.1, 0.15) is 18.2 Å². The molecule has 0 unspecified atom stereocenters. The van der Waals surface area contributed by atoms with Crippen LogP contribution in [0.2, 0.25) is 0 Å². The van der Waals surface area contributed by atoms with Gasteiger partial charge in [-0.15, -0.1) is 0 Å². The predicted molar refractivity (Wildman–Crippen MR) is 66.2 cm³/mol. The number of benzene rings is 2. The molecular weight excluding hydrogens is 290 g/mol. The van der Waals surface area contributed by atoms with Crippen molar-refractivity contribution in [1.29, 1.82) is 0 Å². The van der Waals surface area contributed by atoms with Crippen molar-refractivity contribution >= 4 is 11.7 Å². The number of ether oxygens (including phenoxy) is 1. The topological polar surface area (TPSA) is 52.3 Å². The van der Waals surface area contributed by atoms with E-state index in [9.17, 15) is 22.4 Å². The maximum Gasteiger partial charge on any atom is 0.340 e. The lowest BCUT2D eigenvalue weighted by atomic mass is 10.1. The second-order valence-corrected chi connectivity index (χ2v) is 4.21. The van der Waals surface area contributed by atoms with E-state index in [0.717, 1.165) is 12.1 Å². The Labute approximate surface area is 116 Å². The molecule has 2 N–H and O–H groups in total. The first-order valence-corrected chi connectivity index (χ1v) is 5.73. The van der Waals surface area contributed by atoms with Crippen LogP contribution in [0.1, 0.15) is 15.9 Å². The molecule has 0 amide bonds. The van der Waals surface area contributed by atoms with Crippen LogP contribution in [0.25, 0.3) is 0 Å². The Hall–Kier alpha value is -2.57. The zero-order valence-corrected chi connectivity index (χ0v) is 10.5. The lowest BCUT2D eigenvalue weighted by Gasteiger charge is -2.08. The fraction of sp³-hybridized carbons (Fsp3) is 0.0714. The van der Waals surface area contributed by atoms with Gasteiger partial charge in [-0.1, -0.05) is 0 Å². The molecule has 110 valence electrons. The highest BCUT2D eigenvalue weighted by Gasteiger charge is 2.16. The summed E-state index contributed by atoms with van der Waals surface area (Å²) in [6.07, 6.45) is 0. The van der Waals surface area contributed by atoms with E-state index in [0.29, 0.717) is 18.2 Å². The van der Waals surface area contributed by atoms with Crippen LogP contribution >= 0.6 is 0 Å². The molecule has 0 aliphatic carbocycles. The summed E-state index contributed by atoms with van der Waals surface area (Å²) in [5.41, 5.74) is 4.78. The van der Waals surface area contributed by atoms with Crippen LogP contribution in [0, 0.1) is 23.3 Å². The Morgan fingerprint density at radius 2 is 1.52 bits per heavy atom. The maximum atomic E-state index is 13.1. The van der Waals surface area contributed by atoms with E-state index in [1.165, 1.54) is 0 Å². The molecule has 0 aliphatic rings. The summed E-state index contributed by atoms with van der Waals surface area (Å²) >= 11 is 0. The molecule has 2 rings (SSSR count).